The minimum absolute atomic E-state index is 0.0690. The number of ketones is 1. The summed E-state index contributed by atoms with van der Waals surface area (Å²) in [6.07, 6.45) is 4.91. The van der Waals surface area contributed by atoms with Crippen LogP contribution in [0.25, 0.3) is 0 Å². The monoisotopic (exact) mass is 312 g/mol. The van der Waals surface area contributed by atoms with Crippen molar-refractivity contribution in [2.24, 2.45) is 17.8 Å². The van der Waals surface area contributed by atoms with Crippen molar-refractivity contribution in [3.63, 3.8) is 0 Å². The summed E-state index contributed by atoms with van der Waals surface area (Å²) in [6, 6.07) is 0. The molecule has 0 fully saturated rings. The van der Waals surface area contributed by atoms with E-state index in [1.54, 1.807) is 7.11 Å². The lowest BCUT2D eigenvalue weighted by Gasteiger charge is -2.19. The minimum Gasteiger partial charge on any atom is -0.392 e. The van der Waals surface area contributed by atoms with Crippen LogP contribution in [0.15, 0.2) is 11.6 Å². The third-order valence-electron chi connectivity index (χ3n) is 4.33. The molecular formula is C19H36O3. The highest BCUT2D eigenvalue weighted by atomic mass is 16.5. The number of Topliss-reactive ketones (excluding diaryl/α,β-unsaturated/α-hetero) is 1. The van der Waals surface area contributed by atoms with E-state index in [2.05, 4.69) is 26.8 Å². The second-order valence-electron chi connectivity index (χ2n) is 7.10. The smallest absolute Gasteiger partial charge is 0.142 e. The average Bonchev–Trinajstić information content (AvgIpc) is 2.43. The van der Waals surface area contributed by atoms with Gasteiger partial charge in [-0.15, -0.1) is 0 Å². The van der Waals surface area contributed by atoms with Crippen molar-refractivity contribution in [3.05, 3.63) is 11.6 Å². The van der Waals surface area contributed by atoms with E-state index in [1.165, 1.54) is 5.57 Å². The highest BCUT2D eigenvalue weighted by molar-refractivity contribution is 5.83. The number of carbonyl (C=O) groups is 1. The Labute approximate surface area is 137 Å². The van der Waals surface area contributed by atoms with E-state index in [-0.39, 0.29) is 30.1 Å². The Kier molecular flexibility index (Phi) is 10.6. The van der Waals surface area contributed by atoms with Gasteiger partial charge in [0.15, 0.2) is 0 Å². The second kappa shape index (κ2) is 11.0. The number of carbonyl (C=O) groups excluding carboxylic acids is 1. The predicted octanol–water partition coefficient (Wildman–Crippen LogP) is 4.39. The predicted molar refractivity (Wildman–Crippen MR) is 92.9 cm³/mol. The molecule has 0 heterocycles. The molecule has 0 rings (SSSR count). The summed E-state index contributed by atoms with van der Waals surface area (Å²) >= 11 is 0. The summed E-state index contributed by atoms with van der Waals surface area (Å²) in [5.41, 5.74) is 1.26. The van der Waals surface area contributed by atoms with Crippen LogP contribution in [0.2, 0.25) is 0 Å². The Hall–Kier alpha value is -0.670. The zero-order valence-electron chi connectivity index (χ0n) is 15.6. The average molecular weight is 312 g/mol. The molecule has 130 valence electrons. The third-order valence-corrected chi connectivity index (χ3v) is 4.33. The summed E-state index contributed by atoms with van der Waals surface area (Å²) < 4.78 is 5.31. The first-order valence-corrected chi connectivity index (χ1v) is 8.62. The quantitative estimate of drug-likeness (QED) is 0.576. The minimum atomic E-state index is -0.531. The fraction of sp³-hybridized carbons (Fsp3) is 0.842. The summed E-state index contributed by atoms with van der Waals surface area (Å²) in [6.45, 7) is 12.3. The number of rotatable bonds is 11. The summed E-state index contributed by atoms with van der Waals surface area (Å²) in [4.78, 5) is 12.3. The topological polar surface area (TPSA) is 46.5 Å². The number of aliphatic hydroxyl groups excluding tert-OH is 1. The molecule has 1 N–H and O–H groups in total. The molecule has 0 bridgehead atoms. The summed E-state index contributed by atoms with van der Waals surface area (Å²) in [7, 11) is 1.74. The first kappa shape index (κ1) is 21.3. The van der Waals surface area contributed by atoms with Crippen molar-refractivity contribution >= 4 is 5.78 Å². The molecular weight excluding hydrogens is 276 g/mol. The number of allylic oxidation sites excluding steroid dienone is 2. The maximum absolute atomic E-state index is 12.3. The molecule has 0 spiro atoms. The van der Waals surface area contributed by atoms with E-state index in [4.69, 9.17) is 4.74 Å². The number of ether oxygens (including phenoxy) is 1. The van der Waals surface area contributed by atoms with Gasteiger partial charge in [-0.3, -0.25) is 4.79 Å². The fourth-order valence-electron chi connectivity index (χ4n) is 2.74. The molecule has 22 heavy (non-hydrogen) atoms. The van der Waals surface area contributed by atoms with Gasteiger partial charge in [0.25, 0.3) is 0 Å². The van der Waals surface area contributed by atoms with Crippen LogP contribution in [-0.2, 0) is 9.53 Å². The maximum atomic E-state index is 12.3. The summed E-state index contributed by atoms with van der Waals surface area (Å²) in [5, 5.41) is 9.89. The van der Waals surface area contributed by atoms with Gasteiger partial charge in [0, 0.05) is 19.4 Å². The molecule has 0 aliphatic rings. The molecule has 0 aromatic heterocycles. The van der Waals surface area contributed by atoms with Crippen molar-refractivity contribution in [1.29, 1.82) is 0 Å². The van der Waals surface area contributed by atoms with Crippen LogP contribution in [0.4, 0.5) is 0 Å². The van der Waals surface area contributed by atoms with E-state index in [0.29, 0.717) is 5.92 Å². The Bertz CT molecular complexity index is 347. The zero-order chi connectivity index (χ0) is 17.3. The van der Waals surface area contributed by atoms with Crippen LogP contribution in [0.5, 0.6) is 0 Å². The van der Waals surface area contributed by atoms with Gasteiger partial charge in [-0.2, -0.15) is 0 Å². The van der Waals surface area contributed by atoms with Crippen LogP contribution in [0, 0.1) is 17.8 Å². The molecule has 0 aromatic carbocycles. The normalized spacial score (nSPS) is 18.1. The molecule has 0 unspecified atom stereocenters. The Morgan fingerprint density at radius 1 is 1.18 bits per heavy atom. The van der Waals surface area contributed by atoms with Gasteiger partial charge in [-0.25, -0.2) is 0 Å². The van der Waals surface area contributed by atoms with Crippen LogP contribution < -0.4 is 0 Å². The number of methoxy groups -OCH3 is 1. The van der Waals surface area contributed by atoms with E-state index >= 15 is 0 Å². The number of aliphatic hydroxyl groups is 1. The maximum Gasteiger partial charge on any atom is 0.142 e. The van der Waals surface area contributed by atoms with Crippen molar-refractivity contribution in [1.82, 2.24) is 0 Å². The molecule has 0 aliphatic heterocycles. The van der Waals surface area contributed by atoms with Gasteiger partial charge in [-0.1, -0.05) is 39.3 Å². The first-order chi connectivity index (χ1) is 10.2. The summed E-state index contributed by atoms with van der Waals surface area (Å²) in [5.74, 6) is 0.753. The van der Waals surface area contributed by atoms with Crippen LogP contribution >= 0.6 is 0 Å². The van der Waals surface area contributed by atoms with Crippen molar-refractivity contribution in [2.75, 3.05) is 7.11 Å². The van der Waals surface area contributed by atoms with Gasteiger partial charge >= 0.3 is 0 Å². The van der Waals surface area contributed by atoms with Gasteiger partial charge < -0.3 is 9.84 Å². The van der Waals surface area contributed by atoms with Crippen LogP contribution in [-0.4, -0.2) is 30.2 Å². The van der Waals surface area contributed by atoms with Gasteiger partial charge in [0.05, 0.1) is 12.2 Å². The largest absolute Gasteiger partial charge is 0.392 e. The van der Waals surface area contributed by atoms with Crippen molar-refractivity contribution in [2.45, 2.75) is 79.4 Å². The highest BCUT2D eigenvalue weighted by Crippen LogP contribution is 2.21. The lowest BCUT2D eigenvalue weighted by Crippen LogP contribution is -2.23. The number of hydrogen-bond acceptors (Lipinski definition) is 3. The Morgan fingerprint density at radius 3 is 2.23 bits per heavy atom. The molecule has 0 saturated heterocycles. The second-order valence-corrected chi connectivity index (χ2v) is 7.10. The molecule has 3 nitrogen and oxygen atoms in total. The van der Waals surface area contributed by atoms with Gasteiger partial charge in [-0.05, 0) is 44.9 Å². The molecule has 3 heteroatoms. The van der Waals surface area contributed by atoms with Crippen molar-refractivity contribution in [3.8, 4) is 0 Å². The highest BCUT2D eigenvalue weighted by Gasteiger charge is 2.20. The van der Waals surface area contributed by atoms with E-state index < -0.39 is 6.10 Å². The van der Waals surface area contributed by atoms with Gasteiger partial charge in [0.1, 0.15) is 5.78 Å². The third kappa shape index (κ3) is 8.70. The lowest BCUT2D eigenvalue weighted by atomic mass is 9.89. The first-order valence-electron chi connectivity index (χ1n) is 8.62. The molecule has 4 atom stereocenters. The zero-order valence-corrected chi connectivity index (χ0v) is 15.6. The molecule has 0 aromatic rings. The lowest BCUT2D eigenvalue weighted by molar-refractivity contribution is -0.124. The Morgan fingerprint density at radius 2 is 1.77 bits per heavy atom. The van der Waals surface area contributed by atoms with Crippen LogP contribution in [0.1, 0.15) is 67.2 Å². The van der Waals surface area contributed by atoms with E-state index in [0.717, 1.165) is 19.3 Å². The molecule has 0 radical (unpaired) electrons. The van der Waals surface area contributed by atoms with E-state index in [1.807, 2.05) is 20.8 Å². The SMILES string of the molecule is CC[C@H](/C=C(\C)C[C@H](C)C[C@@H](C)OC)C(=O)C[C@H](O)C(C)C. The fourth-order valence-corrected chi connectivity index (χ4v) is 2.74. The van der Waals surface area contributed by atoms with Gasteiger partial charge in [0.2, 0.25) is 0 Å². The number of hydrogen-bond donors (Lipinski definition) is 1. The van der Waals surface area contributed by atoms with Crippen LogP contribution in [0.3, 0.4) is 0 Å². The molecule has 0 aliphatic carbocycles. The van der Waals surface area contributed by atoms with E-state index in [9.17, 15) is 9.90 Å². The Balaban J connectivity index is 4.58. The molecule has 0 saturated carbocycles. The van der Waals surface area contributed by atoms with Crippen molar-refractivity contribution < 1.29 is 14.6 Å². The molecule has 0 amide bonds. The standard InChI is InChI=1S/C19H36O3/c1-8-17(19(21)12-18(20)13(2)3)11-15(5)9-14(4)10-16(6)22-7/h11,13-14,16-18,20H,8-10,12H2,1-7H3/b15-11+/t14-,16+,17+,18-/m0/s1.